The zero-order valence-electron chi connectivity index (χ0n) is 20.3. The lowest BCUT2D eigenvalue weighted by atomic mass is 10.00. The van der Waals surface area contributed by atoms with Crippen LogP contribution < -0.4 is 9.80 Å². The molecule has 3 heterocycles. The monoisotopic (exact) mass is 496 g/mol. The van der Waals surface area contributed by atoms with Gasteiger partial charge in [-0.3, -0.25) is 14.3 Å². The van der Waals surface area contributed by atoms with E-state index in [0.717, 1.165) is 47.1 Å². The largest absolute Gasteiger partial charge is 0.341 e. The van der Waals surface area contributed by atoms with E-state index >= 15 is 0 Å². The van der Waals surface area contributed by atoms with Crippen LogP contribution in [0.1, 0.15) is 62.4 Å². The van der Waals surface area contributed by atoms with E-state index in [1.807, 2.05) is 24.4 Å². The van der Waals surface area contributed by atoms with Crippen molar-refractivity contribution >= 4 is 45.8 Å². The summed E-state index contributed by atoms with van der Waals surface area (Å²) in [5.74, 6) is 2.50. The molecule has 34 heavy (non-hydrogen) atoms. The Morgan fingerprint density at radius 1 is 1.18 bits per heavy atom. The molecular formula is C25H32N6OS2. The number of amides is 1. The number of piperidine rings is 1. The number of anilines is 3. The van der Waals surface area contributed by atoms with Crippen LogP contribution in [0.3, 0.4) is 0 Å². The molecule has 180 valence electrons. The third kappa shape index (κ3) is 4.86. The fourth-order valence-electron chi connectivity index (χ4n) is 4.51. The Kier molecular flexibility index (Phi) is 6.66. The second kappa shape index (κ2) is 9.70. The van der Waals surface area contributed by atoms with Crippen molar-refractivity contribution in [2.75, 3.05) is 22.9 Å². The number of aromatic nitrogens is 4. The Bertz CT molecular complexity index is 1180. The van der Waals surface area contributed by atoms with Gasteiger partial charge in [0.15, 0.2) is 10.3 Å². The molecule has 0 N–H and O–H groups in total. The summed E-state index contributed by atoms with van der Waals surface area (Å²) in [4.78, 5) is 21.5. The van der Waals surface area contributed by atoms with Crippen LogP contribution in [0.25, 0.3) is 0 Å². The van der Waals surface area contributed by atoms with E-state index in [-0.39, 0.29) is 5.91 Å². The zero-order chi connectivity index (χ0) is 23.8. The van der Waals surface area contributed by atoms with Gasteiger partial charge in [-0.15, -0.1) is 21.5 Å². The summed E-state index contributed by atoms with van der Waals surface area (Å²) in [6.07, 6.45) is 4.84. The van der Waals surface area contributed by atoms with Crippen LogP contribution in [0, 0.1) is 19.8 Å². The van der Waals surface area contributed by atoms with Gasteiger partial charge in [-0.25, -0.2) is 4.98 Å². The molecule has 1 saturated carbocycles. The van der Waals surface area contributed by atoms with Gasteiger partial charge in [0, 0.05) is 37.2 Å². The molecule has 2 aliphatic rings. The second-order valence-electron chi connectivity index (χ2n) is 9.61. The lowest BCUT2D eigenvalue weighted by Crippen LogP contribution is -2.34. The standard InChI is InChI=1S/C25H32N6OS2/c1-16-9-11-29(12-10-16)23-27-28-25(31(23)21-6-7-21)34-15-20-14-33-24(26-20)30(19(4)32)22-8-5-17(2)13-18(22)3/h5,8,13-14,16,21H,6-7,9-12,15H2,1-4H3. The maximum atomic E-state index is 12.5. The lowest BCUT2D eigenvalue weighted by Gasteiger charge is -2.31. The minimum Gasteiger partial charge on any atom is -0.341 e. The number of thiazole rings is 1. The highest BCUT2D eigenvalue weighted by atomic mass is 32.2. The fraction of sp³-hybridized carbons (Fsp3) is 0.520. The van der Waals surface area contributed by atoms with Crippen LogP contribution in [-0.4, -0.2) is 38.7 Å². The summed E-state index contributed by atoms with van der Waals surface area (Å²) in [6, 6.07) is 6.66. The van der Waals surface area contributed by atoms with Crippen LogP contribution >= 0.6 is 23.1 Å². The Hall–Kier alpha value is -2.39. The van der Waals surface area contributed by atoms with Gasteiger partial charge in [-0.2, -0.15) is 0 Å². The fourth-order valence-corrected chi connectivity index (χ4v) is 6.39. The summed E-state index contributed by atoms with van der Waals surface area (Å²) in [5, 5.41) is 12.9. The third-order valence-electron chi connectivity index (χ3n) is 6.61. The molecule has 0 spiro atoms. The number of hydrogen-bond acceptors (Lipinski definition) is 7. The van der Waals surface area contributed by atoms with Crippen LogP contribution in [0.2, 0.25) is 0 Å². The Morgan fingerprint density at radius 3 is 2.62 bits per heavy atom. The van der Waals surface area contributed by atoms with Gasteiger partial charge >= 0.3 is 0 Å². The number of rotatable bonds is 7. The molecule has 0 bridgehead atoms. The minimum absolute atomic E-state index is 0.0329. The van der Waals surface area contributed by atoms with Gasteiger partial charge in [0.1, 0.15) is 0 Å². The molecular weight excluding hydrogens is 464 g/mol. The van der Waals surface area contributed by atoms with E-state index in [1.54, 1.807) is 23.6 Å². The van der Waals surface area contributed by atoms with Crippen LogP contribution in [0.5, 0.6) is 0 Å². The first-order chi connectivity index (χ1) is 16.4. The van der Waals surface area contributed by atoms with E-state index in [1.165, 1.54) is 42.6 Å². The van der Waals surface area contributed by atoms with Gasteiger partial charge < -0.3 is 4.90 Å². The molecule has 1 aliphatic carbocycles. The minimum atomic E-state index is -0.0329. The van der Waals surface area contributed by atoms with Crippen molar-refractivity contribution in [2.24, 2.45) is 5.92 Å². The van der Waals surface area contributed by atoms with Gasteiger partial charge in [-0.1, -0.05) is 36.4 Å². The molecule has 9 heteroatoms. The topological polar surface area (TPSA) is 67.2 Å². The molecule has 1 saturated heterocycles. The van der Waals surface area contributed by atoms with Crippen LogP contribution in [0.15, 0.2) is 28.7 Å². The van der Waals surface area contributed by atoms with E-state index in [4.69, 9.17) is 4.98 Å². The third-order valence-corrected chi connectivity index (χ3v) is 8.46. The van der Waals surface area contributed by atoms with E-state index in [2.05, 4.69) is 39.6 Å². The first kappa shape index (κ1) is 23.4. The van der Waals surface area contributed by atoms with E-state index in [0.29, 0.717) is 16.9 Å². The Labute approximate surface area is 209 Å². The highest BCUT2D eigenvalue weighted by Crippen LogP contribution is 2.42. The molecule has 0 atom stereocenters. The molecule has 5 rings (SSSR count). The quantitative estimate of drug-likeness (QED) is 0.380. The predicted octanol–water partition coefficient (Wildman–Crippen LogP) is 5.90. The number of carbonyl (C=O) groups excluding carboxylic acids is 1. The molecule has 2 fully saturated rings. The van der Waals surface area contributed by atoms with Crippen molar-refractivity contribution in [2.45, 2.75) is 70.3 Å². The number of nitrogens with zero attached hydrogens (tertiary/aromatic N) is 6. The van der Waals surface area contributed by atoms with Crippen molar-refractivity contribution in [1.82, 2.24) is 19.7 Å². The first-order valence-corrected chi connectivity index (χ1v) is 13.9. The maximum Gasteiger partial charge on any atom is 0.230 e. The highest BCUT2D eigenvalue weighted by Gasteiger charge is 2.32. The molecule has 2 aromatic heterocycles. The molecule has 1 aliphatic heterocycles. The van der Waals surface area contributed by atoms with E-state index in [9.17, 15) is 4.79 Å². The maximum absolute atomic E-state index is 12.5. The molecule has 7 nitrogen and oxygen atoms in total. The number of aryl methyl sites for hydroxylation is 2. The van der Waals surface area contributed by atoms with Gasteiger partial charge in [0.05, 0.1) is 11.4 Å². The van der Waals surface area contributed by atoms with Crippen molar-refractivity contribution in [3.05, 3.63) is 40.4 Å². The molecule has 3 aromatic rings. The smallest absolute Gasteiger partial charge is 0.230 e. The zero-order valence-corrected chi connectivity index (χ0v) is 22.0. The summed E-state index contributed by atoms with van der Waals surface area (Å²) < 4.78 is 2.35. The molecule has 0 radical (unpaired) electrons. The lowest BCUT2D eigenvalue weighted by molar-refractivity contribution is -0.115. The van der Waals surface area contributed by atoms with Crippen LogP contribution in [0.4, 0.5) is 16.8 Å². The molecule has 0 unspecified atom stereocenters. The van der Waals surface area contributed by atoms with E-state index < -0.39 is 0 Å². The van der Waals surface area contributed by atoms with Crippen molar-refractivity contribution in [3.8, 4) is 0 Å². The number of carbonyl (C=O) groups is 1. The Morgan fingerprint density at radius 2 is 1.94 bits per heavy atom. The van der Waals surface area contributed by atoms with Gasteiger partial charge in [-0.05, 0) is 57.1 Å². The summed E-state index contributed by atoms with van der Waals surface area (Å²) >= 11 is 3.20. The normalized spacial score (nSPS) is 16.8. The number of benzene rings is 1. The van der Waals surface area contributed by atoms with Gasteiger partial charge in [0.2, 0.25) is 11.9 Å². The average Bonchev–Trinajstić information content (AvgIpc) is 3.38. The van der Waals surface area contributed by atoms with Crippen LogP contribution in [-0.2, 0) is 10.5 Å². The molecule has 1 aromatic carbocycles. The Balaban J connectivity index is 1.32. The first-order valence-electron chi connectivity index (χ1n) is 12.1. The van der Waals surface area contributed by atoms with Gasteiger partial charge in [0.25, 0.3) is 0 Å². The average molecular weight is 497 g/mol. The number of hydrogen-bond donors (Lipinski definition) is 0. The summed E-state index contributed by atoms with van der Waals surface area (Å²) in [6.45, 7) is 10.1. The SMILES string of the molecule is CC(=O)N(c1nc(CSc2nnc(N3CCC(C)CC3)n2C2CC2)cs1)c1ccc(C)cc1C. The predicted molar refractivity (Wildman–Crippen MR) is 139 cm³/mol. The number of thioether (sulfide) groups is 1. The summed E-state index contributed by atoms with van der Waals surface area (Å²) in [7, 11) is 0. The van der Waals surface area contributed by atoms with Crippen molar-refractivity contribution in [3.63, 3.8) is 0 Å². The molecule has 1 amide bonds. The van der Waals surface area contributed by atoms with Crippen molar-refractivity contribution in [1.29, 1.82) is 0 Å². The highest BCUT2D eigenvalue weighted by molar-refractivity contribution is 7.98. The van der Waals surface area contributed by atoms with Crippen molar-refractivity contribution < 1.29 is 4.79 Å². The second-order valence-corrected chi connectivity index (χ2v) is 11.4. The summed E-state index contributed by atoms with van der Waals surface area (Å²) in [5.41, 5.74) is 4.10.